The summed E-state index contributed by atoms with van der Waals surface area (Å²) in [5, 5.41) is 3.83. The van der Waals surface area contributed by atoms with Crippen LogP contribution in [0.4, 0.5) is 0 Å². The Kier molecular flexibility index (Phi) is 23.2. The Bertz CT molecular complexity index is 999. The van der Waals surface area contributed by atoms with Crippen molar-refractivity contribution in [3.05, 3.63) is 0 Å². The van der Waals surface area contributed by atoms with Gasteiger partial charge in [0.05, 0.1) is 18.3 Å². The molecule has 0 heterocycles. The van der Waals surface area contributed by atoms with Crippen LogP contribution in [0.3, 0.4) is 0 Å². The Morgan fingerprint density at radius 1 is 0.607 bits per heavy atom. The summed E-state index contributed by atoms with van der Waals surface area (Å²) in [5.74, 6) is 4.08. The van der Waals surface area contributed by atoms with Crippen molar-refractivity contribution in [2.75, 3.05) is 46.0 Å². The minimum atomic E-state index is 0.203. The summed E-state index contributed by atoms with van der Waals surface area (Å²) in [6, 6.07) is 0. The first-order valence-electron chi connectivity index (χ1n) is 25.3. The highest BCUT2D eigenvalue weighted by Crippen LogP contribution is 2.69. The molecule has 330 valence electrons. The van der Waals surface area contributed by atoms with Gasteiger partial charge in [0.15, 0.2) is 0 Å². The third-order valence-electron chi connectivity index (χ3n) is 16.4. The molecule has 4 rings (SSSR count). The lowest BCUT2D eigenvalue weighted by molar-refractivity contribution is -0.227. The molecular formula is C50H97N3O3. The third-order valence-corrected chi connectivity index (χ3v) is 16.4. The zero-order chi connectivity index (χ0) is 40.1. The van der Waals surface area contributed by atoms with Crippen LogP contribution in [0.25, 0.3) is 0 Å². The Morgan fingerprint density at radius 3 is 1.84 bits per heavy atom. The Hall–Kier alpha value is -0.240. The smallest absolute Gasteiger partial charge is 0.0637 e. The summed E-state index contributed by atoms with van der Waals surface area (Å²) in [6.45, 7) is 18.9. The quantitative estimate of drug-likeness (QED) is 0.0588. The standard InChI is InChI=1S/C50H97N3O3/c1-6-8-10-11-12-13-14-15-16-17-18-19-20-21-32-53-33-22-25-40(3)43-26-27-44-48-45(39-47(50(43,44)5)56-36-24-31-52)49(4)29-28-42(54-35-23-30-51)37-41(49)38-46(48)55-34-9-7-2/h40-48,53H,6-39,51-52H2,1-5H3/t40-,41+,42-,43-,44+,45+,46-,47+,48+,49+,50-/m1/s1. The predicted molar refractivity (Wildman–Crippen MR) is 239 cm³/mol. The predicted octanol–water partition coefficient (Wildman–Crippen LogP) is 12.0. The van der Waals surface area contributed by atoms with Crippen LogP contribution in [0.1, 0.15) is 208 Å². The van der Waals surface area contributed by atoms with Crippen LogP contribution in [0.15, 0.2) is 0 Å². The van der Waals surface area contributed by atoms with E-state index in [0.29, 0.717) is 60.5 Å². The third kappa shape index (κ3) is 13.9. The maximum atomic E-state index is 7.09. The molecule has 4 fully saturated rings. The second-order valence-electron chi connectivity index (χ2n) is 20.2. The van der Waals surface area contributed by atoms with Gasteiger partial charge in [-0.05, 0) is 151 Å². The van der Waals surface area contributed by atoms with Crippen LogP contribution in [0.5, 0.6) is 0 Å². The molecule has 56 heavy (non-hydrogen) atoms. The molecule has 5 N–H and O–H groups in total. The summed E-state index contributed by atoms with van der Waals surface area (Å²) in [6.07, 6.45) is 36.7. The van der Waals surface area contributed by atoms with Crippen molar-refractivity contribution in [2.45, 2.75) is 226 Å². The maximum Gasteiger partial charge on any atom is 0.0637 e. The molecule has 6 heteroatoms. The van der Waals surface area contributed by atoms with E-state index in [1.165, 1.54) is 174 Å². The van der Waals surface area contributed by atoms with Crippen LogP contribution in [-0.2, 0) is 14.2 Å². The number of rotatable bonds is 32. The van der Waals surface area contributed by atoms with Gasteiger partial charge in [0.2, 0.25) is 0 Å². The normalized spacial score (nSPS) is 33.3. The highest BCUT2D eigenvalue weighted by Gasteiger charge is 2.66. The molecule has 0 spiro atoms. The van der Waals surface area contributed by atoms with Gasteiger partial charge in [-0.2, -0.15) is 0 Å². The average Bonchev–Trinajstić information content (AvgIpc) is 3.56. The van der Waals surface area contributed by atoms with E-state index in [1.807, 2.05) is 0 Å². The maximum absolute atomic E-state index is 7.09. The van der Waals surface area contributed by atoms with Crippen LogP contribution in [-0.4, -0.2) is 64.3 Å². The van der Waals surface area contributed by atoms with Crippen molar-refractivity contribution in [1.82, 2.24) is 5.32 Å². The van der Waals surface area contributed by atoms with Gasteiger partial charge in [0.25, 0.3) is 0 Å². The van der Waals surface area contributed by atoms with Gasteiger partial charge in [0, 0.05) is 25.2 Å². The molecule has 6 nitrogen and oxygen atoms in total. The minimum absolute atomic E-state index is 0.203. The second kappa shape index (κ2) is 26.9. The Balaban J connectivity index is 1.26. The molecule has 4 aliphatic carbocycles. The Morgan fingerprint density at radius 2 is 1.20 bits per heavy atom. The fourth-order valence-corrected chi connectivity index (χ4v) is 13.0. The van der Waals surface area contributed by atoms with Crippen LogP contribution >= 0.6 is 0 Å². The first-order chi connectivity index (χ1) is 27.3. The fraction of sp³-hybridized carbons (Fsp3) is 1.00. The molecule has 0 aromatic rings. The molecule has 0 aliphatic heterocycles. The molecular weight excluding hydrogens is 691 g/mol. The molecule has 4 aliphatic rings. The van der Waals surface area contributed by atoms with E-state index in [2.05, 4.69) is 39.9 Å². The number of unbranched alkanes of at least 4 members (excludes halogenated alkanes) is 14. The summed E-state index contributed by atoms with van der Waals surface area (Å²) in [5.41, 5.74) is 12.4. The molecule has 0 bridgehead atoms. The van der Waals surface area contributed by atoms with Crippen molar-refractivity contribution in [3.8, 4) is 0 Å². The zero-order valence-corrected chi connectivity index (χ0v) is 38.1. The summed E-state index contributed by atoms with van der Waals surface area (Å²) >= 11 is 0. The van der Waals surface area contributed by atoms with Crippen LogP contribution < -0.4 is 16.8 Å². The van der Waals surface area contributed by atoms with Gasteiger partial charge in [-0.25, -0.2) is 0 Å². The summed E-state index contributed by atoms with van der Waals surface area (Å²) < 4.78 is 20.6. The number of hydrogen-bond acceptors (Lipinski definition) is 6. The van der Waals surface area contributed by atoms with Crippen LogP contribution in [0, 0.1) is 46.3 Å². The summed E-state index contributed by atoms with van der Waals surface area (Å²) in [7, 11) is 0. The van der Waals surface area contributed by atoms with E-state index >= 15 is 0 Å². The van der Waals surface area contributed by atoms with Crippen molar-refractivity contribution in [1.29, 1.82) is 0 Å². The number of nitrogens with one attached hydrogen (secondary N) is 1. The van der Waals surface area contributed by atoms with Gasteiger partial charge in [-0.15, -0.1) is 0 Å². The van der Waals surface area contributed by atoms with Crippen LogP contribution in [0.2, 0.25) is 0 Å². The van der Waals surface area contributed by atoms with E-state index < -0.39 is 0 Å². The van der Waals surface area contributed by atoms with Crippen molar-refractivity contribution < 1.29 is 14.2 Å². The van der Waals surface area contributed by atoms with E-state index in [9.17, 15) is 0 Å². The van der Waals surface area contributed by atoms with Gasteiger partial charge < -0.3 is 31.0 Å². The lowest BCUT2D eigenvalue weighted by Gasteiger charge is -2.65. The lowest BCUT2D eigenvalue weighted by atomic mass is 9.43. The van der Waals surface area contributed by atoms with Crippen molar-refractivity contribution >= 4 is 0 Å². The topological polar surface area (TPSA) is 91.8 Å². The molecule has 0 aromatic heterocycles. The lowest BCUT2D eigenvalue weighted by Crippen LogP contribution is -2.63. The molecule has 0 unspecified atom stereocenters. The highest BCUT2D eigenvalue weighted by molar-refractivity contribution is 5.15. The number of nitrogens with two attached hydrogens (primary N) is 2. The van der Waals surface area contributed by atoms with Gasteiger partial charge in [-0.1, -0.05) is 125 Å². The molecule has 0 aromatic carbocycles. The molecule has 0 amide bonds. The number of hydrogen-bond donors (Lipinski definition) is 3. The number of fused-ring (bicyclic) bond motifs is 5. The largest absolute Gasteiger partial charge is 0.378 e. The van der Waals surface area contributed by atoms with E-state index in [4.69, 9.17) is 25.7 Å². The number of ether oxygens (including phenoxy) is 3. The minimum Gasteiger partial charge on any atom is -0.378 e. The van der Waals surface area contributed by atoms with E-state index in [-0.39, 0.29) is 5.41 Å². The fourth-order valence-electron chi connectivity index (χ4n) is 13.0. The first kappa shape index (κ1) is 48.4. The van der Waals surface area contributed by atoms with Gasteiger partial charge in [0.1, 0.15) is 0 Å². The van der Waals surface area contributed by atoms with Gasteiger partial charge >= 0.3 is 0 Å². The molecule has 0 radical (unpaired) electrons. The Labute approximate surface area is 348 Å². The van der Waals surface area contributed by atoms with E-state index in [1.54, 1.807) is 0 Å². The summed E-state index contributed by atoms with van der Waals surface area (Å²) in [4.78, 5) is 0. The molecule has 0 saturated heterocycles. The SMILES string of the molecule is CCCCCCCCCCCCCCCCNCCC[C@@H](C)[C@H]1CC[C@H]2[C@@H]3[C@H](OCCCC)C[C@@H]4C[C@H](OCCCN)CC[C@]4(C)[C@H]3C[C@H](OCCCN)[C@]12C. The van der Waals surface area contributed by atoms with E-state index in [0.717, 1.165) is 44.5 Å². The first-order valence-corrected chi connectivity index (χ1v) is 25.3. The molecule has 11 atom stereocenters. The monoisotopic (exact) mass is 788 g/mol. The highest BCUT2D eigenvalue weighted by atomic mass is 16.5. The van der Waals surface area contributed by atoms with Gasteiger partial charge in [-0.3, -0.25) is 0 Å². The van der Waals surface area contributed by atoms with Crippen molar-refractivity contribution in [3.63, 3.8) is 0 Å². The van der Waals surface area contributed by atoms with Crippen molar-refractivity contribution in [2.24, 2.45) is 57.8 Å². The molecule has 4 saturated carbocycles. The zero-order valence-electron chi connectivity index (χ0n) is 38.1. The second-order valence-corrected chi connectivity index (χ2v) is 20.2. The average molecular weight is 788 g/mol.